The minimum atomic E-state index is 0.121. The molecule has 1 amide bonds. The van der Waals surface area contributed by atoms with Crippen molar-refractivity contribution in [1.82, 2.24) is 9.88 Å². The molecule has 122 valence electrons. The van der Waals surface area contributed by atoms with Crippen molar-refractivity contribution in [3.8, 4) is 0 Å². The normalized spacial score (nSPS) is 26.0. The lowest BCUT2D eigenvalue weighted by atomic mass is 9.83. The number of carbonyl (C=O) groups excluding carboxylic acids is 1. The molecule has 2 saturated heterocycles. The van der Waals surface area contributed by atoms with Crippen molar-refractivity contribution in [2.45, 2.75) is 12.8 Å². The second-order valence-corrected chi connectivity index (χ2v) is 8.06. The lowest BCUT2D eigenvalue weighted by Gasteiger charge is -2.24. The molecule has 1 N–H and O–H groups in total. The first kappa shape index (κ1) is 15.5. The Kier molecular flexibility index (Phi) is 3.93. The van der Waals surface area contributed by atoms with Crippen molar-refractivity contribution in [1.29, 1.82) is 5.41 Å². The van der Waals surface area contributed by atoms with Gasteiger partial charge in [0.25, 0.3) is 0 Å². The second-order valence-electron chi connectivity index (χ2n) is 6.67. The fraction of sp³-hybridized carbons (Fsp3) is 0.316. The summed E-state index contributed by atoms with van der Waals surface area (Å²) in [6.45, 7) is 1.66. The smallest absolute Gasteiger partial charge is 0.209 e. The molecule has 2 atom stereocenters. The highest BCUT2D eigenvalue weighted by Crippen LogP contribution is 2.55. The average Bonchev–Trinajstić information content (AvgIpc) is 3.22. The van der Waals surface area contributed by atoms with Crippen LogP contribution in [0.1, 0.15) is 18.4 Å². The van der Waals surface area contributed by atoms with Gasteiger partial charge in [-0.05, 0) is 42.5 Å². The zero-order chi connectivity index (χ0) is 16.6. The summed E-state index contributed by atoms with van der Waals surface area (Å²) < 4.78 is 0. The van der Waals surface area contributed by atoms with E-state index in [9.17, 15) is 4.79 Å². The molecular weight excluding hydrogens is 317 g/mol. The lowest BCUT2D eigenvalue weighted by molar-refractivity contribution is -0.117. The number of rotatable bonds is 3. The van der Waals surface area contributed by atoms with Gasteiger partial charge in [0, 0.05) is 35.7 Å². The van der Waals surface area contributed by atoms with Gasteiger partial charge in [0.1, 0.15) is 0 Å². The molecule has 4 rings (SSSR count). The van der Waals surface area contributed by atoms with Crippen LogP contribution in [0, 0.1) is 10.8 Å². The van der Waals surface area contributed by atoms with Gasteiger partial charge in [-0.15, -0.1) is 0 Å². The average molecular weight is 337 g/mol. The van der Waals surface area contributed by atoms with Crippen LogP contribution in [-0.4, -0.2) is 41.3 Å². The van der Waals surface area contributed by atoms with E-state index in [2.05, 4.69) is 4.98 Å². The van der Waals surface area contributed by atoms with Gasteiger partial charge < -0.3 is 10.3 Å². The highest BCUT2D eigenvalue weighted by atomic mass is 31.1. The van der Waals surface area contributed by atoms with E-state index in [1.54, 1.807) is 6.20 Å². The monoisotopic (exact) mass is 337 g/mol. The highest BCUT2D eigenvalue weighted by Gasteiger charge is 2.43. The molecule has 2 aliphatic heterocycles. The molecular formula is C19H20N3OP. The van der Waals surface area contributed by atoms with Gasteiger partial charge in [-0.25, -0.2) is 0 Å². The van der Waals surface area contributed by atoms with E-state index in [0.717, 1.165) is 57.4 Å². The molecule has 1 aromatic heterocycles. The topological polar surface area (TPSA) is 57.1 Å². The van der Waals surface area contributed by atoms with Crippen molar-refractivity contribution in [2.75, 3.05) is 19.3 Å². The number of benzene rings is 1. The van der Waals surface area contributed by atoms with Crippen LogP contribution in [0.2, 0.25) is 0 Å². The number of fused-ring (bicyclic) bond motifs is 1. The Morgan fingerprint density at radius 2 is 2.21 bits per heavy atom. The molecule has 2 aromatic rings. The molecule has 0 aliphatic carbocycles. The van der Waals surface area contributed by atoms with Crippen molar-refractivity contribution in [2.24, 2.45) is 5.41 Å². The van der Waals surface area contributed by atoms with E-state index in [1.165, 1.54) is 11.5 Å². The number of carbonyl (C=O) groups is 1. The Labute approximate surface area is 143 Å². The van der Waals surface area contributed by atoms with Gasteiger partial charge in [-0.2, -0.15) is 0 Å². The van der Waals surface area contributed by atoms with E-state index in [0.29, 0.717) is 5.71 Å². The van der Waals surface area contributed by atoms with Gasteiger partial charge in [-0.1, -0.05) is 26.8 Å². The first-order valence-electron chi connectivity index (χ1n) is 8.29. The van der Waals surface area contributed by atoms with Crippen LogP contribution in [-0.2, 0) is 4.79 Å². The van der Waals surface area contributed by atoms with Gasteiger partial charge >= 0.3 is 0 Å². The second kappa shape index (κ2) is 6.10. The number of aromatic nitrogens is 1. The first-order valence-corrected chi connectivity index (χ1v) is 9.50. The lowest BCUT2D eigenvalue weighted by Crippen LogP contribution is -2.25. The van der Waals surface area contributed by atoms with Crippen LogP contribution < -0.4 is 0 Å². The molecule has 5 heteroatoms. The number of hydrogen-bond donors (Lipinski definition) is 1. The first-order chi connectivity index (χ1) is 11.7. The number of hydrogen-bond acceptors (Lipinski definition) is 3. The molecule has 1 aromatic carbocycles. The molecule has 0 radical (unpaired) electrons. The largest absolute Gasteiger partial charge is 0.344 e. The number of para-hydroxylation sites is 1. The van der Waals surface area contributed by atoms with Crippen molar-refractivity contribution in [3.63, 3.8) is 0 Å². The Morgan fingerprint density at radius 1 is 1.33 bits per heavy atom. The molecule has 4 nitrogen and oxygen atoms in total. The summed E-state index contributed by atoms with van der Waals surface area (Å²) in [5, 5.41) is 10.9. The Bertz CT molecular complexity index is 847. The molecule has 0 bridgehead atoms. The molecule has 0 saturated carbocycles. The van der Waals surface area contributed by atoms with Crippen molar-refractivity contribution >= 4 is 31.6 Å². The number of pyridine rings is 1. The number of nitrogens with zero attached hydrogens (tertiary/aromatic N) is 2. The van der Waals surface area contributed by atoms with Crippen LogP contribution in [0.25, 0.3) is 10.9 Å². The Hall–Kier alpha value is -2.06. The number of allylic oxidation sites excluding steroid dienone is 1. The van der Waals surface area contributed by atoms with Crippen LogP contribution in [0.3, 0.4) is 0 Å². The third-order valence-electron chi connectivity index (χ3n) is 5.21. The van der Waals surface area contributed by atoms with E-state index in [4.69, 9.17) is 5.41 Å². The maximum Gasteiger partial charge on any atom is 0.209 e. The fourth-order valence-electron chi connectivity index (χ4n) is 3.83. The quantitative estimate of drug-likeness (QED) is 0.530. The van der Waals surface area contributed by atoms with Crippen molar-refractivity contribution < 1.29 is 4.79 Å². The minimum absolute atomic E-state index is 0.121. The molecule has 2 unspecified atom stereocenters. The van der Waals surface area contributed by atoms with Crippen LogP contribution in [0.5, 0.6) is 0 Å². The predicted octanol–water partition coefficient (Wildman–Crippen LogP) is 3.42. The summed E-state index contributed by atoms with van der Waals surface area (Å²) in [4.78, 5) is 17.4. The zero-order valence-electron chi connectivity index (χ0n) is 13.5. The van der Waals surface area contributed by atoms with E-state index in [-0.39, 0.29) is 5.41 Å². The Balaban J connectivity index is 1.63. The predicted molar refractivity (Wildman–Crippen MR) is 99.1 cm³/mol. The van der Waals surface area contributed by atoms with Gasteiger partial charge in [0.05, 0.1) is 11.2 Å². The molecule has 2 aliphatic rings. The van der Waals surface area contributed by atoms with E-state index < -0.39 is 0 Å². The summed E-state index contributed by atoms with van der Waals surface area (Å²) in [6, 6.07) is 10.0. The van der Waals surface area contributed by atoms with Gasteiger partial charge in [-0.3, -0.25) is 9.78 Å². The minimum Gasteiger partial charge on any atom is -0.344 e. The SMILES string of the molecule is N=C(/C=C1\PCCC12CCN(C=O)C2)c1cnc2ccccc2c1. The molecule has 24 heavy (non-hydrogen) atoms. The van der Waals surface area contributed by atoms with Crippen LogP contribution in [0.15, 0.2) is 47.9 Å². The molecule has 1 spiro atoms. The summed E-state index contributed by atoms with van der Waals surface area (Å²) in [5.74, 6) is 0. The maximum atomic E-state index is 11.1. The summed E-state index contributed by atoms with van der Waals surface area (Å²) in [6.07, 6.45) is 8.16. The van der Waals surface area contributed by atoms with Gasteiger partial charge in [0.15, 0.2) is 0 Å². The Morgan fingerprint density at radius 3 is 3.04 bits per heavy atom. The molecule has 3 heterocycles. The zero-order valence-corrected chi connectivity index (χ0v) is 14.5. The number of likely N-dealkylation sites (tertiary alicyclic amines) is 1. The highest BCUT2D eigenvalue weighted by molar-refractivity contribution is 7.43. The summed E-state index contributed by atoms with van der Waals surface area (Å²) >= 11 is 0. The number of amides is 1. The maximum absolute atomic E-state index is 11.1. The summed E-state index contributed by atoms with van der Waals surface area (Å²) in [7, 11) is 0.772. The van der Waals surface area contributed by atoms with E-state index in [1.807, 2.05) is 41.3 Å². The third kappa shape index (κ3) is 2.65. The van der Waals surface area contributed by atoms with Gasteiger partial charge in [0.2, 0.25) is 6.41 Å². The van der Waals surface area contributed by atoms with Crippen LogP contribution in [0.4, 0.5) is 0 Å². The van der Waals surface area contributed by atoms with Crippen molar-refractivity contribution in [3.05, 3.63) is 53.5 Å². The molecule has 2 fully saturated rings. The summed E-state index contributed by atoms with van der Waals surface area (Å²) in [5.41, 5.74) is 2.47. The van der Waals surface area contributed by atoms with Crippen LogP contribution >= 0.6 is 8.58 Å². The number of nitrogens with one attached hydrogen (secondary N) is 1. The standard InChI is InChI=1S/C19H20N3OP/c20-16(15-9-14-3-1-2-4-17(14)21-11-15)10-18-19(6-8-24-18)5-7-22(12-19)13-23/h1-4,9-11,13,20,24H,5-8,12H2/b18-10-,20-16?. The fourth-order valence-corrected chi connectivity index (χ4v) is 5.65. The third-order valence-corrected chi connectivity index (χ3v) is 6.77. The van der Waals surface area contributed by atoms with E-state index >= 15 is 0 Å².